The lowest BCUT2D eigenvalue weighted by Crippen LogP contribution is -2.53. The summed E-state index contributed by atoms with van der Waals surface area (Å²) in [6.45, 7) is 7.61. The first kappa shape index (κ1) is 11.9. The number of hydrogen-bond donors (Lipinski definition) is 1. The molecule has 16 heavy (non-hydrogen) atoms. The molecule has 1 heterocycles. The Morgan fingerprint density at radius 3 is 2.50 bits per heavy atom. The van der Waals surface area contributed by atoms with E-state index in [1.54, 1.807) is 0 Å². The van der Waals surface area contributed by atoms with Crippen molar-refractivity contribution in [3.63, 3.8) is 0 Å². The van der Waals surface area contributed by atoms with Gasteiger partial charge in [0.1, 0.15) is 5.54 Å². The highest BCUT2D eigenvalue weighted by Crippen LogP contribution is 2.39. The average molecular weight is 221 g/mol. The van der Waals surface area contributed by atoms with Crippen LogP contribution in [0.2, 0.25) is 0 Å². The van der Waals surface area contributed by atoms with Crippen LogP contribution >= 0.6 is 0 Å². The predicted octanol–water partition coefficient (Wildman–Crippen LogP) is 1.60. The second-order valence-corrected chi connectivity index (χ2v) is 5.90. The van der Waals surface area contributed by atoms with E-state index in [4.69, 9.17) is 5.73 Å². The molecule has 1 saturated heterocycles. The molecule has 1 aliphatic heterocycles. The molecule has 3 unspecified atom stereocenters. The highest BCUT2D eigenvalue weighted by atomic mass is 15.2. The summed E-state index contributed by atoms with van der Waals surface area (Å²) in [5, 5.41) is 9.24. The minimum atomic E-state index is -0.583. The molecular weight excluding hydrogens is 198 g/mol. The van der Waals surface area contributed by atoms with Crippen molar-refractivity contribution in [2.75, 3.05) is 19.6 Å². The fourth-order valence-corrected chi connectivity index (χ4v) is 2.72. The van der Waals surface area contributed by atoms with Crippen LogP contribution in [0.1, 0.15) is 33.1 Å². The summed E-state index contributed by atoms with van der Waals surface area (Å²) < 4.78 is 0. The van der Waals surface area contributed by atoms with Crippen LogP contribution in [0, 0.1) is 29.1 Å². The first-order valence-electron chi connectivity index (χ1n) is 6.47. The van der Waals surface area contributed by atoms with Gasteiger partial charge in [-0.25, -0.2) is 0 Å². The number of nitrogens with two attached hydrogens (primary N) is 1. The van der Waals surface area contributed by atoms with Crippen LogP contribution in [0.25, 0.3) is 0 Å². The molecule has 2 rings (SSSR count). The number of piperidine rings is 1. The number of likely N-dealkylation sites (tertiary alicyclic amines) is 1. The minimum absolute atomic E-state index is 0.451. The molecular formula is C13H23N3. The lowest BCUT2D eigenvalue weighted by Gasteiger charge is -2.38. The molecule has 0 bridgehead atoms. The summed E-state index contributed by atoms with van der Waals surface area (Å²) in [6, 6.07) is 2.35. The molecule has 2 fully saturated rings. The first-order chi connectivity index (χ1) is 7.55. The monoisotopic (exact) mass is 221 g/mol. The Kier molecular flexibility index (Phi) is 3.23. The van der Waals surface area contributed by atoms with E-state index in [9.17, 15) is 5.26 Å². The zero-order chi connectivity index (χ0) is 11.8. The normalized spacial score (nSPS) is 35.4. The third-order valence-electron chi connectivity index (χ3n) is 4.42. The zero-order valence-electron chi connectivity index (χ0n) is 10.4. The topological polar surface area (TPSA) is 53.0 Å². The number of hydrogen-bond acceptors (Lipinski definition) is 3. The van der Waals surface area contributed by atoms with E-state index in [0.717, 1.165) is 44.3 Å². The van der Waals surface area contributed by atoms with E-state index < -0.39 is 5.54 Å². The van der Waals surface area contributed by atoms with Gasteiger partial charge in [0.25, 0.3) is 0 Å². The summed E-state index contributed by atoms with van der Waals surface area (Å²) in [6.07, 6.45) is 3.53. The zero-order valence-corrected chi connectivity index (χ0v) is 10.4. The van der Waals surface area contributed by atoms with Gasteiger partial charge in [0, 0.05) is 13.1 Å². The molecule has 2 N–H and O–H groups in total. The third kappa shape index (κ3) is 2.39. The second-order valence-electron chi connectivity index (χ2n) is 5.90. The SMILES string of the molecule is CC1CCN(CC(N)(C#N)C2CC2)CC1C. The van der Waals surface area contributed by atoms with Crippen molar-refractivity contribution in [3.05, 3.63) is 0 Å². The van der Waals surface area contributed by atoms with Crippen LogP contribution in [0.4, 0.5) is 0 Å². The van der Waals surface area contributed by atoms with Crippen molar-refractivity contribution in [3.8, 4) is 6.07 Å². The van der Waals surface area contributed by atoms with Gasteiger partial charge >= 0.3 is 0 Å². The van der Waals surface area contributed by atoms with Gasteiger partial charge in [0.2, 0.25) is 0 Å². The molecule has 90 valence electrons. The van der Waals surface area contributed by atoms with E-state index in [-0.39, 0.29) is 0 Å². The van der Waals surface area contributed by atoms with E-state index in [2.05, 4.69) is 24.8 Å². The molecule has 0 radical (unpaired) electrons. The van der Waals surface area contributed by atoms with Crippen LogP contribution in [-0.4, -0.2) is 30.1 Å². The molecule has 1 aliphatic carbocycles. The third-order valence-corrected chi connectivity index (χ3v) is 4.42. The Labute approximate surface area is 98.6 Å². The summed E-state index contributed by atoms with van der Waals surface area (Å²) in [7, 11) is 0. The fraction of sp³-hybridized carbons (Fsp3) is 0.923. The van der Waals surface area contributed by atoms with Crippen molar-refractivity contribution in [2.24, 2.45) is 23.5 Å². The number of rotatable bonds is 3. The summed E-state index contributed by atoms with van der Waals surface area (Å²) in [4.78, 5) is 2.40. The van der Waals surface area contributed by atoms with E-state index >= 15 is 0 Å². The van der Waals surface area contributed by atoms with Gasteiger partial charge in [-0.2, -0.15) is 5.26 Å². The van der Waals surface area contributed by atoms with Crippen LogP contribution in [-0.2, 0) is 0 Å². The Hall–Kier alpha value is -0.590. The van der Waals surface area contributed by atoms with Crippen LogP contribution < -0.4 is 5.73 Å². The van der Waals surface area contributed by atoms with Gasteiger partial charge in [-0.3, -0.25) is 0 Å². The van der Waals surface area contributed by atoms with Crippen LogP contribution in [0.3, 0.4) is 0 Å². The van der Waals surface area contributed by atoms with Gasteiger partial charge in [-0.15, -0.1) is 0 Å². The smallest absolute Gasteiger partial charge is 0.119 e. The quantitative estimate of drug-likeness (QED) is 0.787. The Morgan fingerprint density at radius 2 is 2.00 bits per heavy atom. The molecule has 0 aromatic rings. The van der Waals surface area contributed by atoms with Gasteiger partial charge in [-0.1, -0.05) is 13.8 Å². The van der Waals surface area contributed by atoms with E-state index in [1.807, 2.05) is 0 Å². The van der Waals surface area contributed by atoms with Crippen molar-refractivity contribution < 1.29 is 0 Å². The summed E-state index contributed by atoms with van der Waals surface area (Å²) in [5.74, 6) is 1.99. The van der Waals surface area contributed by atoms with Crippen molar-refractivity contribution in [1.82, 2.24) is 4.90 Å². The van der Waals surface area contributed by atoms with Crippen LogP contribution in [0.5, 0.6) is 0 Å². The molecule has 3 heteroatoms. The van der Waals surface area contributed by atoms with E-state index in [0.29, 0.717) is 5.92 Å². The maximum atomic E-state index is 9.24. The predicted molar refractivity (Wildman–Crippen MR) is 64.6 cm³/mol. The molecule has 0 aromatic carbocycles. The molecule has 1 saturated carbocycles. The number of nitrogens with zero attached hydrogens (tertiary/aromatic N) is 2. The van der Waals surface area contributed by atoms with Gasteiger partial charge < -0.3 is 10.6 Å². The Morgan fingerprint density at radius 1 is 1.31 bits per heavy atom. The van der Waals surface area contributed by atoms with Crippen molar-refractivity contribution >= 4 is 0 Å². The fourth-order valence-electron chi connectivity index (χ4n) is 2.72. The lowest BCUT2D eigenvalue weighted by molar-refractivity contribution is 0.118. The van der Waals surface area contributed by atoms with Crippen molar-refractivity contribution in [2.45, 2.75) is 38.6 Å². The van der Waals surface area contributed by atoms with Gasteiger partial charge in [0.15, 0.2) is 0 Å². The standard InChI is InChI=1S/C13H23N3/c1-10-5-6-16(7-11(10)2)9-13(15,8-14)12-3-4-12/h10-12H,3-7,9,15H2,1-2H3. The summed E-state index contributed by atoms with van der Waals surface area (Å²) >= 11 is 0. The maximum absolute atomic E-state index is 9.24. The molecule has 3 atom stereocenters. The molecule has 0 spiro atoms. The summed E-state index contributed by atoms with van der Waals surface area (Å²) in [5.41, 5.74) is 5.63. The van der Waals surface area contributed by atoms with Crippen LogP contribution in [0.15, 0.2) is 0 Å². The largest absolute Gasteiger partial charge is 0.312 e. The Balaban J connectivity index is 1.92. The first-order valence-corrected chi connectivity index (χ1v) is 6.47. The highest BCUT2D eigenvalue weighted by Gasteiger charge is 2.44. The van der Waals surface area contributed by atoms with E-state index in [1.165, 1.54) is 6.42 Å². The lowest BCUT2D eigenvalue weighted by atomic mass is 9.87. The highest BCUT2D eigenvalue weighted by molar-refractivity contribution is 5.14. The molecule has 2 aliphatic rings. The minimum Gasteiger partial charge on any atom is -0.312 e. The average Bonchev–Trinajstić information content (AvgIpc) is 3.07. The van der Waals surface area contributed by atoms with Gasteiger partial charge in [0.05, 0.1) is 6.07 Å². The second kappa shape index (κ2) is 4.35. The van der Waals surface area contributed by atoms with Crippen molar-refractivity contribution in [1.29, 1.82) is 5.26 Å². The maximum Gasteiger partial charge on any atom is 0.119 e. The number of nitriles is 1. The van der Waals surface area contributed by atoms with Gasteiger partial charge in [-0.05, 0) is 43.6 Å². The molecule has 0 aromatic heterocycles. The Bertz CT molecular complexity index is 292. The molecule has 0 amide bonds. The molecule has 3 nitrogen and oxygen atoms in total.